The predicted octanol–water partition coefficient (Wildman–Crippen LogP) is 12.3. The Morgan fingerprint density at radius 1 is 0.656 bits per heavy atom. The van der Waals surface area contributed by atoms with E-state index in [2.05, 4.69) is 51.0 Å². The van der Waals surface area contributed by atoms with Crippen molar-refractivity contribution in [3.05, 3.63) is 59.2 Å². The number of carbonyl (C=O) groups is 4. The third kappa shape index (κ3) is 11.7. The Balaban J connectivity index is 0.000000241. The van der Waals surface area contributed by atoms with E-state index in [4.69, 9.17) is 9.47 Å². The maximum Gasteiger partial charge on any atom is 0.270 e. The van der Waals surface area contributed by atoms with E-state index in [-0.39, 0.29) is 35.7 Å². The molecule has 10 heteroatoms. The molecule has 64 heavy (non-hydrogen) atoms. The maximum atomic E-state index is 13.8. The summed E-state index contributed by atoms with van der Waals surface area (Å²) < 4.78 is 12.2. The normalized spacial score (nSPS) is 18.4. The molecular formula is C54H82N4O6. The van der Waals surface area contributed by atoms with E-state index in [1.165, 1.54) is 38.5 Å². The number of aryl methyl sites for hydroxylation is 2. The van der Waals surface area contributed by atoms with Crippen molar-refractivity contribution in [3.63, 3.8) is 0 Å². The molecule has 0 N–H and O–H groups in total. The van der Waals surface area contributed by atoms with Gasteiger partial charge in [-0.15, -0.1) is 6.58 Å². The first-order valence-corrected chi connectivity index (χ1v) is 24.9. The molecule has 4 aliphatic rings. The molecular weight excluding hydrogens is 801 g/mol. The zero-order chi connectivity index (χ0) is 46.9. The number of hydrogen-bond donors (Lipinski definition) is 0. The lowest BCUT2D eigenvalue weighted by Gasteiger charge is -2.40. The summed E-state index contributed by atoms with van der Waals surface area (Å²) in [4.78, 5) is 61.8. The molecule has 4 amide bonds. The number of amides is 4. The van der Waals surface area contributed by atoms with Crippen molar-refractivity contribution in [2.75, 3.05) is 22.9 Å². The summed E-state index contributed by atoms with van der Waals surface area (Å²) >= 11 is 0. The molecule has 2 aromatic rings. The monoisotopic (exact) mass is 883 g/mol. The largest absolute Gasteiger partial charge is 0.476 e. The number of nitrogens with zero attached hydrogens (tertiary/aromatic N) is 4. The molecule has 2 saturated carbocycles. The number of rotatable bonds is 16. The van der Waals surface area contributed by atoms with E-state index in [9.17, 15) is 19.2 Å². The summed E-state index contributed by atoms with van der Waals surface area (Å²) in [5.41, 5.74) is 2.81. The highest BCUT2D eigenvalue weighted by molar-refractivity contribution is 6.06. The van der Waals surface area contributed by atoms with Crippen LogP contribution in [0, 0.1) is 13.8 Å². The first kappa shape index (κ1) is 50.7. The van der Waals surface area contributed by atoms with E-state index in [0.717, 1.165) is 87.4 Å². The summed E-state index contributed by atoms with van der Waals surface area (Å²) in [6, 6.07) is 8.56. The lowest BCUT2D eigenvalue weighted by molar-refractivity contribution is -0.133. The van der Waals surface area contributed by atoms with Crippen LogP contribution in [-0.2, 0) is 9.59 Å². The second-order valence-electron chi connectivity index (χ2n) is 20.4. The smallest absolute Gasteiger partial charge is 0.270 e. The summed E-state index contributed by atoms with van der Waals surface area (Å²) in [5, 5.41) is 0. The summed E-state index contributed by atoms with van der Waals surface area (Å²) in [7, 11) is 0. The summed E-state index contributed by atoms with van der Waals surface area (Å²) in [6.07, 6.45) is 20.6. The molecule has 2 fully saturated rings. The molecule has 0 bridgehead atoms. The second kappa shape index (κ2) is 22.2. The Hall–Kier alpha value is -4.34. The van der Waals surface area contributed by atoms with Gasteiger partial charge >= 0.3 is 0 Å². The zero-order valence-corrected chi connectivity index (χ0v) is 41.6. The van der Waals surface area contributed by atoms with Crippen molar-refractivity contribution in [2.45, 2.75) is 221 Å². The molecule has 0 spiro atoms. The van der Waals surface area contributed by atoms with Crippen molar-refractivity contribution < 1.29 is 28.7 Å². The molecule has 0 radical (unpaired) electrons. The van der Waals surface area contributed by atoms with Gasteiger partial charge in [-0.2, -0.15) is 0 Å². The fourth-order valence-electron chi connectivity index (χ4n) is 10.2. The third-order valence-electron chi connectivity index (χ3n) is 13.7. The van der Waals surface area contributed by atoms with Gasteiger partial charge in [-0.25, -0.2) is 0 Å². The molecule has 0 atom stereocenters. The Morgan fingerprint density at radius 3 is 1.41 bits per heavy atom. The number of fused-ring (bicyclic) bond motifs is 2. The van der Waals surface area contributed by atoms with Gasteiger partial charge in [-0.1, -0.05) is 70.8 Å². The van der Waals surface area contributed by atoms with Gasteiger partial charge in [-0.3, -0.25) is 19.2 Å². The minimum absolute atomic E-state index is 0.0308. The van der Waals surface area contributed by atoms with E-state index in [0.29, 0.717) is 53.5 Å². The highest BCUT2D eigenvalue weighted by Gasteiger charge is 2.43. The molecule has 2 aromatic carbocycles. The highest BCUT2D eigenvalue weighted by atomic mass is 16.5. The SMILES string of the molecule is C=CCCCCN1C(=O)C(C)(C)Oc2cc(C)c(C(=O)N(C(C)C)C3CCCCC3)cc21.CCCCCCN1C(=O)C(C)(C)Oc2cc(C)c(C(=O)N(C(C)C)C3CCCCC3)cc21. The number of unbranched alkanes of at least 4 members (excludes halogenated alkanes) is 5. The van der Waals surface area contributed by atoms with Gasteiger partial charge in [0.05, 0.1) is 11.4 Å². The first-order valence-electron chi connectivity index (χ1n) is 24.9. The van der Waals surface area contributed by atoms with E-state index in [1.807, 2.05) is 81.7 Å². The number of hydrogen-bond acceptors (Lipinski definition) is 6. The number of allylic oxidation sites excluding steroid dienone is 1. The van der Waals surface area contributed by atoms with Gasteiger partial charge < -0.3 is 29.1 Å². The standard InChI is InChI=1S/C27H42N2O3.C27H40N2O3/c2*1-7-8-9-13-16-28-23-18-22(20(4)17-24(23)32-27(5,6)26(28)31)25(30)29(19(2)3)21-14-11-10-12-15-21/h17-19,21H,7-16H2,1-6H3;7,17-19,21H,1,8-16H2,2-6H3. The van der Waals surface area contributed by atoms with Crippen LogP contribution in [-0.4, -0.2) is 81.9 Å². The third-order valence-corrected chi connectivity index (χ3v) is 13.7. The van der Waals surface area contributed by atoms with Gasteiger partial charge in [-0.05, 0) is 156 Å². The van der Waals surface area contributed by atoms with Gasteiger partial charge in [0.2, 0.25) is 0 Å². The number of ether oxygens (including phenoxy) is 2. The minimum atomic E-state index is -0.921. The van der Waals surface area contributed by atoms with Gasteiger partial charge in [0.15, 0.2) is 11.2 Å². The van der Waals surface area contributed by atoms with Crippen LogP contribution in [0.5, 0.6) is 11.5 Å². The maximum absolute atomic E-state index is 13.8. The zero-order valence-electron chi connectivity index (χ0n) is 41.6. The van der Waals surface area contributed by atoms with Gasteiger partial charge in [0.25, 0.3) is 23.6 Å². The van der Waals surface area contributed by atoms with Crippen molar-refractivity contribution in [1.82, 2.24) is 9.80 Å². The summed E-state index contributed by atoms with van der Waals surface area (Å²) in [6.45, 7) is 26.9. The predicted molar refractivity (Wildman–Crippen MR) is 261 cm³/mol. The fourth-order valence-corrected chi connectivity index (χ4v) is 10.2. The van der Waals surface area contributed by atoms with Crippen LogP contribution in [0.3, 0.4) is 0 Å². The fraction of sp³-hybridized carbons (Fsp3) is 0.667. The molecule has 2 aliphatic heterocycles. The topological polar surface area (TPSA) is 99.7 Å². The van der Waals surface area contributed by atoms with Crippen molar-refractivity contribution in [2.24, 2.45) is 0 Å². The first-order chi connectivity index (χ1) is 30.3. The number of anilines is 2. The Bertz CT molecular complexity index is 1960. The molecule has 10 nitrogen and oxygen atoms in total. The van der Waals surface area contributed by atoms with E-state index in [1.54, 1.807) is 0 Å². The molecule has 2 aliphatic carbocycles. The van der Waals surface area contributed by atoms with Crippen LogP contribution in [0.1, 0.15) is 203 Å². The van der Waals surface area contributed by atoms with E-state index >= 15 is 0 Å². The molecule has 0 unspecified atom stereocenters. The number of carbonyl (C=O) groups excluding carboxylic acids is 4. The van der Waals surface area contributed by atoms with Crippen LogP contribution in [0.2, 0.25) is 0 Å². The Labute approximate surface area is 386 Å². The van der Waals surface area contributed by atoms with Crippen LogP contribution in [0.4, 0.5) is 11.4 Å². The average Bonchev–Trinajstić information content (AvgIpc) is 3.24. The average molecular weight is 883 g/mol. The molecule has 0 aromatic heterocycles. The van der Waals surface area contributed by atoms with Crippen LogP contribution in [0.25, 0.3) is 0 Å². The van der Waals surface area contributed by atoms with Gasteiger partial charge in [0.1, 0.15) is 11.5 Å². The molecule has 0 saturated heterocycles. The lowest BCUT2D eigenvalue weighted by Crippen LogP contribution is -2.53. The quantitative estimate of drug-likeness (QED) is 0.123. The minimum Gasteiger partial charge on any atom is -0.476 e. The molecule has 354 valence electrons. The van der Waals surface area contributed by atoms with Crippen molar-refractivity contribution >= 4 is 35.0 Å². The lowest BCUT2D eigenvalue weighted by atomic mass is 9.92. The van der Waals surface area contributed by atoms with E-state index < -0.39 is 11.2 Å². The second-order valence-corrected chi connectivity index (χ2v) is 20.4. The molecule has 2 heterocycles. The highest BCUT2D eigenvalue weighted by Crippen LogP contribution is 2.42. The van der Waals surface area contributed by atoms with Crippen molar-refractivity contribution in [1.29, 1.82) is 0 Å². The van der Waals surface area contributed by atoms with Crippen LogP contribution < -0.4 is 19.3 Å². The Kier molecular flexibility index (Phi) is 17.6. The van der Waals surface area contributed by atoms with Crippen molar-refractivity contribution in [3.8, 4) is 11.5 Å². The summed E-state index contributed by atoms with van der Waals surface area (Å²) in [5.74, 6) is 1.44. The Morgan fingerprint density at radius 2 is 1.05 bits per heavy atom. The molecule has 6 rings (SSSR count). The van der Waals surface area contributed by atoms with Crippen LogP contribution in [0.15, 0.2) is 36.9 Å². The van der Waals surface area contributed by atoms with Crippen LogP contribution >= 0.6 is 0 Å². The van der Waals surface area contributed by atoms with Gasteiger partial charge in [0, 0.05) is 48.4 Å². The number of benzene rings is 2.